The van der Waals surface area contributed by atoms with Gasteiger partial charge in [0, 0.05) is 23.3 Å². The van der Waals surface area contributed by atoms with Crippen LogP contribution in [0, 0.1) is 5.82 Å². The summed E-state index contributed by atoms with van der Waals surface area (Å²) < 4.78 is 18.7. The number of rotatable bonds is 6. The van der Waals surface area contributed by atoms with E-state index in [0.717, 1.165) is 10.6 Å². The van der Waals surface area contributed by atoms with Crippen molar-refractivity contribution in [2.45, 2.75) is 19.4 Å². The van der Waals surface area contributed by atoms with Crippen molar-refractivity contribution in [3.8, 4) is 10.6 Å². The first kappa shape index (κ1) is 18.7. The molecular weight excluding hydrogens is 369 g/mol. The number of aromatic nitrogens is 2. The Morgan fingerprint density at radius 2 is 2.07 bits per heavy atom. The second-order valence-corrected chi connectivity index (χ2v) is 6.52. The average Bonchev–Trinajstić information content (AvgIpc) is 3.12. The zero-order chi connectivity index (χ0) is 19.2. The standard InChI is InChI=1S/C19H16FN3O3S/c1-12(18(25)23-16-7-3-2-6-15(16)20)26-17(24)9-14-11-27-19(22-14)13-5-4-8-21-10-13/h2-8,10-12H,9H2,1H3,(H,23,25)/t12-/m0/s1. The molecule has 0 unspecified atom stereocenters. The molecule has 27 heavy (non-hydrogen) atoms. The van der Waals surface area contributed by atoms with Crippen molar-refractivity contribution in [1.82, 2.24) is 9.97 Å². The fourth-order valence-corrected chi connectivity index (χ4v) is 3.06. The third kappa shape index (κ3) is 4.95. The lowest BCUT2D eigenvalue weighted by molar-refractivity contribution is -0.152. The highest BCUT2D eigenvalue weighted by Gasteiger charge is 2.20. The highest BCUT2D eigenvalue weighted by atomic mass is 32.1. The van der Waals surface area contributed by atoms with E-state index in [0.29, 0.717) is 5.69 Å². The molecule has 1 aromatic carbocycles. The molecule has 3 aromatic rings. The molecule has 2 aromatic heterocycles. The Hall–Kier alpha value is -3.13. The van der Waals surface area contributed by atoms with Gasteiger partial charge < -0.3 is 10.1 Å². The number of thiazole rings is 1. The number of nitrogens with zero attached hydrogens (tertiary/aromatic N) is 2. The van der Waals surface area contributed by atoms with Crippen molar-refractivity contribution in [2.75, 3.05) is 5.32 Å². The van der Waals surface area contributed by atoms with Crippen molar-refractivity contribution in [3.63, 3.8) is 0 Å². The molecular formula is C19H16FN3O3S. The Morgan fingerprint density at radius 1 is 1.26 bits per heavy atom. The molecule has 2 heterocycles. The number of hydrogen-bond acceptors (Lipinski definition) is 6. The fourth-order valence-electron chi connectivity index (χ4n) is 2.25. The van der Waals surface area contributed by atoms with E-state index < -0.39 is 23.8 Å². The molecule has 1 atom stereocenters. The number of pyridine rings is 1. The van der Waals surface area contributed by atoms with E-state index in [9.17, 15) is 14.0 Å². The zero-order valence-corrected chi connectivity index (χ0v) is 15.2. The molecule has 1 amide bonds. The number of hydrogen-bond donors (Lipinski definition) is 1. The first-order chi connectivity index (χ1) is 13.0. The smallest absolute Gasteiger partial charge is 0.312 e. The number of para-hydroxylation sites is 1. The maximum absolute atomic E-state index is 13.6. The largest absolute Gasteiger partial charge is 0.452 e. The number of ether oxygens (including phenoxy) is 1. The number of benzene rings is 1. The van der Waals surface area contributed by atoms with Crippen LogP contribution in [-0.4, -0.2) is 27.9 Å². The number of halogens is 1. The van der Waals surface area contributed by atoms with Gasteiger partial charge in [-0.25, -0.2) is 9.37 Å². The Labute approximate surface area is 159 Å². The molecule has 0 saturated carbocycles. The second-order valence-electron chi connectivity index (χ2n) is 5.66. The molecule has 138 valence electrons. The maximum atomic E-state index is 13.6. The van der Waals surface area contributed by atoms with E-state index >= 15 is 0 Å². The summed E-state index contributed by atoms with van der Waals surface area (Å²) >= 11 is 1.39. The van der Waals surface area contributed by atoms with Crippen LogP contribution in [0.1, 0.15) is 12.6 Å². The van der Waals surface area contributed by atoms with Gasteiger partial charge in [-0.1, -0.05) is 12.1 Å². The Bertz CT molecular complexity index is 946. The van der Waals surface area contributed by atoms with Gasteiger partial charge >= 0.3 is 5.97 Å². The van der Waals surface area contributed by atoms with Crippen molar-refractivity contribution in [2.24, 2.45) is 0 Å². The summed E-state index contributed by atoms with van der Waals surface area (Å²) in [6, 6.07) is 9.45. The second kappa shape index (κ2) is 8.50. The monoisotopic (exact) mass is 385 g/mol. The fraction of sp³-hybridized carbons (Fsp3) is 0.158. The quantitative estimate of drug-likeness (QED) is 0.657. The first-order valence-corrected chi connectivity index (χ1v) is 9.00. The minimum atomic E-state index is -1.06. The topological polar surface area (TPSA) is 81.2 Å². The maximum Gasteiger partial charge on any atom is 0.312 e. The van der Waals surface area contributed by atoms with Gasteiger partial charge in [0.1, 0.15) is 10.8 Å². The highest BCUT2D eigenvalue weighted by molar-refractivity contribution is 7.13. The molecule has 0 aliphatic heterocycles. The van der Waals surface area contributed by atoms with Crippen LogP contribution < -0.4 is 5.32 Å². The predicted octanol–water partition coefficient (Wildman–Crippen LogP) is 3.46. The van der Waals surface area contributed by atoms with Crippen LogP contribution in [0.15, 0.2) is 54.2 Å². The molecule has 0 radical (unpaired) electrons. The van der Waals surface area contributed by atoms with Gasteiger partial charge in [0.15, 0.2) is 6.10 Å². The van der Waals surface area contributed by atoms with Crippen LogP contribution in [-0.2, 0) is 20.7 Å². The number of nitrogens with one attached hydrogen (secondary N) is 1. The third-order valence-electron chi connectivity index (χ3n) is 3.59. The lowest BCUT2D eigenvalue weighted by atomic mass is 10.2. The van der Waals surface area contributed by atoms with Gasteiger partial charge in [-0.2, -0.15) is 0 Å². The van der Waals surface area contributed by atoms with E-state index in [1.54, 1.807) is 29.9 Å². The van der Waals surface area contributed by atoms with E-state index in [4.69, 9.17) is 4.74 Å². The van der Waals surface area contributed by atoms with Gasteiger partial charge in [0.05, 0.1) is 17.8 Å². The molecule has 1 N–H and O–H groups in total. The Balaban J connectivity index is 1.55. The first-order valence-electron chi connectivity index (χ1n) is 8.12. The van der Waals surface area contributed by atoms with Gasteiger partial charge in [-0.3, -0.25) is 14.6 Å². The number of amides is 1. The van der Waals surface area contributed by atoms with Crippen LogP contribution in [0.25, 0.3) is 10.6 Å². The van der Waals surface area contributed by atoms with E-state index in [1.165, 1.54) is 36.5 Å². The summed E-state index contributed by atoms with van der Waals surface area (Å²) in [6.07, 6.45) is 2.24. The van der Waals surface area contributed by atoms with Gasteiger partial charge in [0.2, 0.25) is 0 Å². The van der Waals surface area contributed by atoms with Gasteiger partial charge in [-0.05, 0) is 31.2 Å². The number of carbonyl (C=O) groups excluding carboxylic acids is 2. The molecule has 0 spiro atoms. The molecule has 0 aliphatic rings. The summed E-state index contributed by atoms with van der Waals surface area (Å²) in [5.74, 6) is -1.76. The van der Waals surface area contributed by atoms with Crippen LogP contribution in [0.5, 0.6) is 0 Å². The summed E-state index contributed by atoms with van der Waals surface area (Å²) in [5.41, 5.74) is 1.44. The van der Waals surface area contributed by atoms with Crippen LogP contribution >= 0.6 is 11.3 Å². The molecule has 0 fully saturated rings. The molecule has 3 rings (SSSR count). The average molecular weight is 385 g/mol. The number of anilines is 1. The summed E-state index contributed by atoms with van der Waals surface area (Å²) in [4.78, 5) is 32.5. The molecule has 0 aliphatic carbocycles. The molecule has 0 bridgehead atoms. The van der Waals surface area contributed by atoms with Crippen LogP contribution in [0.3, 0.4) is 0 Å². The zero-order valence-electron chi connectivity index (χ0n) is 14.4. The van der Waals surface area contributed by atoms with E-state index in [1.807, 2.05) is 6.07 Å². The van der Waals surface area contributed by atoms with Crippen molar-refractivity contribution in [1.29, 1.82) is 0 Å². The van der Waals surface area contributed by atoms with Crippen molar-refractivity contribution < 1.29 is 18.7 Å². The summed E-state index contributed by atoms with van der Waals surface area (Å²) in [6.45, 7) is 1.43. The van der Waals surface area contributed by atoms with Crippen molar-refractivity contribution >= 4 is 28.9 Å². The predicted molar refractivity (Wildman–Crippen MR) is 99.6 cm³/mol. The van der Waals surface area contributed by atoms with E-state index in [2.05, 4.69) is 15.3 Å². The molecule has 6 nitrogen and oxygen atoms in total. The van der Waals surface area contributed by atoms with Crippen molar-refractivity contribution in [3.05, 3.63) is 65.7 Å². The molecule has 0 saturated heterocycles. The number of carbonyl (C=O) groups is 2. The Morgan fingerprint density at radius 3 is 2.81 bits per heavy atom. The highest BCUT2D eigenvalue weighted by Crippen LogP contribution is 2.23. The normalized spacial score (nSPS) is 11.6. The lowest BCUT2D eigenvalue weighted by Gasteiger charge is -2.13. The lowest BCUT2D eigenvalue weighted by Crippen LogP contribution is -2.30. The SMILES string of the molecule is C[C@H](OC(=O)Cc1csc(-c2cccnc2)n1)C(=O)Nc1ccccc1F. The number of esters is 1. The molecule has 8 heteroatoms. The minimum absolute atomic E-state index is 0.0333. The third-order valence-corrected chi connectivity index (χ3v) is 4.54. The van der Waals surface area contributed by atoms with E-state index in [-0.39, 0.29) is 12.1 Å². The van der Waals surface area contributed by atoms with Gasteiger partial charge in [0.25, 0.3) is 5.91 Å². The summed E-state index contributed by atoms with van der Waals surface area (Å²) in [7, 11) is 0. The Kier molecular flexibility index (Phi) is 5.87. The van der Waals surface area contributed by atoms with Gasteiger partial charge in [-0.15, -0.1) is 11.3 Å². The summed E-state index contributed by atoms with van der Waals surface area (Å²) in [5, 5.41) is 4.90. The minimum Gasteiger partial charge on any atom is -0.452 e. The van der Waals surface area contributed by atoms with Crippen LogP contribution in [0.2, 0.25) is 0 Å². The van der Waals surface area contributed by atoms with Crippen LogP contribution in [0.4, 0.5) is 10.1 Å².